The van der Waals surface area contributed by atoms with Gasteiger partial charge in [-0.3, -0.25) is 0 Å². The number of hydrogen-bond donors (Lipinski definition) is 0. The monoisotopic (exact) mass is 287 g/mol. The summed E-state index contributed by atoms with van der Waals surface area (Å²) in [5, 5.41) is 0.394. The van der Waals surface area contributed by atoms with E-state index in [9.17, 15) is 0 Å². The highest BCUT2D eigenvalue weighted by Crippen LogP contribution is 2.24. The van der Waals surface area contributed by atoms with E-state index in [1.165, 1.54) is 0 Å². The fourth-order valence-corrected chi connectivity index (χ4v) is 2.15. The van der Waals surface area contributed by atoms with Gasteiger partial charge in [0.2, 0.25) is 0 Å². The number of nitrogens with zero attached hydrogens (tertiary/aromatic N) is 3. The van der Waals surface area contributed by atoms with Crippen LogP contribution in [-0.2, 0) is 11.3 Å². The van der Waals surface area contributed by atoms with Crippen molar-refractivity contribution in [2.24, 2.45) is 0 Å². The molecule has 2 aromatic rings. The van der Waals surface area contributed by atoms with Crippen LogP contribution in [0.25, 0.3) is 11.2 Å². The normalized spacial score (nSPS) is 13.1. The third kappa shape index (κ3) is 2.76. The highest BCUT2D eigenvalue weighted by Gasteiger charge is 2.15. The van der Waals surface area contributed by atoms with Crippen molar-refractivity contribution in [1.82, 2.24) is 14.5 Å². The molecule has 0 amide bonds. The molecular formula is C12H15Cl2N3O. The quantitative estimate of drug-likeness (QED) is 0.625. The molecule has 4 nitrogen and oxygen atoms in total. The lowest BCUT2D eigenvalue weighted by atomic mass is 10.4. The summed E-state index contributed by atoms with van der Waals surface area (Å²) >= 11 is 12.1. The van der Waals surface area contributed by atoms with Gasteiger partial charge in [-0.05, 0) is 19.9 Å². The molecule has 0 aliphatic rings. The van der Waals surface area contributed by atoms with Crippen molar-refractivity contribution in [3.63, 3.8) is 0 Å². The molecule has 98 valence electrons. The summed E-state index contributed by atoms with van der Waals surface area (Å²) in [5.74, 6) is 0.793. The number of hydrogen-bond acceptors (Lipinski definition) is 3. The summed E-state index contributed by atoms with van der Waals surface area (Å²) in [6.45, 7) is 5.85. The van der Waals surface area contributed by atoms with Crippen LogP contribution < -0.4 is 0 Å². The molecule has 0 aromatic carbocycles. The predicted molar refractivity (Wildman–Crippen MR) is 73.3 cm³/mol. The first-order chi connectivity index (χ1) is 8.63. The molecule has 6 heteroatoms. The van der Waals surface area contributed by atoms with Crippen LogP contribution in [0.15, 0.2) is 12.3 Å². The van der Waals surface area contributed by atoms with E-state index in [1.54, 1.807) is 12.3 Å². The lowest BCUT2D eigenvalue weighted by Gasteiger charge is -2.09. The SMILES string of the molecule is CCOCCn1c(C(C)Cl)nc2cc(Cl)cnc21. The van der Waals surface area contributed by atoms with Crippen LogP contribution >= 0.6 is 23.2 Å². The molecule has 0 bridgehead atoms. The highest BCUT2D eigenvalue weighted by molar-refractivity contribution is 6.31. The van der Waals surface area contributed by atoms with Crippen molar-refractivity contribution in [1.29, 1.82) is 0 Å². The standard InChI is InChI=1S/C12H15Cl2N3O/c1-3-18-5-4-17-11(8(2)13)16-10-6-9(14)7-15-12(10)17/h6-8H,3-5H2,1-2H3. The Balaban J connectivity index is 2.42. The third-order valence-corrected chi connectivity index (χ3v) is 3.00. The topological polar surface area (TPSA) is 39.9 Å². The van der Waals surface area contributed by atoms with Crippen LogP contribution in [0.4, 0.5) is 0 Å². The maximum Gasteiger partial charge on any atom is 0.160 e. The Bertz CT molecular complexity index is 539. The van der Waals surface area contributed by atoms with E-state index in [1.807, 2.05) is 18.4 Å². The zero-order valence-electron chi connectivity index (χ0n) is 10.4. The number of halogens is 2. The molecular weight excluding hydrogens is 273 g/mol. The number of rotatable bonds is 5. The second-order valence-corrected chi connectivity index (χ2v) is 5.02. The average molecular weight is 288 g/mol. The Morgan fingerprint density at radius 2 is 2.28 bits per heavy atom. The predicted octanol–water partition coefficient (Wildman–Crippen LogP) is 3.42. The molecule has 1 atom stereocenters. The van der Waals surface area contributed by atoms with Gasteiger partial charge < -0.3 is 9.30 Å². The molecule has 0 spiro atoms. The third-order valence-electron chi connectivity index (χ3n) is 2.60. The van der Waals surface area contributed by atoms with Crippen molar-refractivity contribution in [2.75, 3.05) is 13.2 Å². The van der Waals surface area contributed by atoms with Gasteiger partial charge in [-0.15, -0.1) is 11.6 Å². The maximum atomic E-state index is 6.15. The van der Waals surface area contributed by atoms with Gasteiger partial charge in [-0.1, -0.05) is 11.6 Å². The molecule has 0 radical (unpaired) electrons. The molecule has 2 aromatic heterocycles. The number of imidazole rings is 1. The minimum Gasteiger partial charge on any atom is -0.380 e. The summed E-state index contributed by atoms with van der Waals surface area (Å²) in [7, 11) is 0. The van der Waals surface area contributed by atoms with Gasteiger partial charge in [0.05, 0.1) is 17.0 Å². The lowest BCUT2D eigenvalue weighted by molar-refractivity contribution is 0.139. The van der Waals surface area contributed by atoms with Gasteiger partial charge in [0.1, 0.15) is 11.3 Å². The van der Waals surface area contributed by atoms with Crippen LogP contribution in [0, 0.1) is 0 Å². The number of ether oxygens (including phenoxy) is 1. The fourth-order valence-electron chi connectivity index (χ4n) is 1.83. The smallest absolute Gasteiger partial charge is 0.160 e. The van der Waals surface area contributed by atoms with Crippen molar-refractivity contribution < 1.29 is 4.74 Å². The van der Waals surface area contributed by atoms with E-state index in [2.05, 4.69) is 9.97 Å². The largest absolute Gasteiger partial charge is 0.380 e. The van der Waals surface area contributed by atoms with E-state index in [4.69, 9.17) is 27.9 Å². The number of aromatic nitrogens is 3. The van der Waals surface area contributed by atoms with Gasteiger partial charge in [0, 0.05) is 19.3 Å². The van der Waals surface area contributed by atoms with Gasteiger partial charge in [-0.25, -0.2) is 9.97 Å². The molecule has 0 N–H and O–H groups in total. The maximum absolute atomic E-state index is 6.15. The highest BCUT2D eigenvalue weighted by atomic mass is 35.5. The van der Waals surface area contributed by atoms with E-state index in [0.29, 0.717) is 24.8 Å². The lowest BCUT2D eigenvalue weighted by Crippen LogP contribution is -2.10. The molecule has 0 saturated heterocycles. The second kappa shape index (κ2) is 5.87. The fraction of sp³-hybridized carbons (Fsp3) is 0.500. The zero-order valence-corrected chi connectivity index (χ0v) is 11.9. The van der Waals surface area contributed by atoms with Crippen molar-refractivity contribution >= 4 is 34.4 Å². The van der Waals surface area contributed by atoms with Crippen molar-refractivity contribution in [2.45, 2.75) is 25.8 Å². The molecule has 2 heterocycles. The van der Waals surface area contributed by atoms with Crippen LogP contribution in [-0.4, -0.2) is 27.7 Å². The van der Waals surface area contributed by atoms with E-state index >= 15 is 0 Å². The zero-order chi connectivity index (χ0) is 13.1. The minimum absolute atomic E-state index is 0.181. The van der Waals surface area contributed by atoms with Crippen molar-refractivity contribution in [3.05, 3.63) is 23.1 Å². The van der Waals surface area contributed by atoms with Gasteiger partial charge in [0.15, 0.2) is 5.65 Å². The van der Waals surface area contributed by atoms with E-state index < -0.39 is 0 Å². The number of pyridine rings is 1. The Morgan fingerprint density at radius 3 is 2.94 bits per heavy atom. The first-order valence-corrected chi connectivity index (χ1v) is 6.68. The molecule has 1 unspecified atom stereocenters. The molecule has 0 aliphatic carbocycles. The van der Waals surface area contributed by atoms with E-state index in [-0.39, 0.29) is 5.38 Å². The van der Waals surface area contributed by atoms with Crippen LogP contribution in [0.5, 0.6) is 0 Å². The summed E-state index contributed by atoms with van der Waals surface area (Å²) in [6, 6.07) is 1.80. The Kier molecular flexibility index (Phi) is 4.43. The van der Waals surface area contributed by atoms with Crippen LogP contribution in [0.3, 0.4) is 0 Å². The van der Waals surface area contributed by atoms with Gasteiger partial charge in [0.25, 0.3) is 0 Å². The molecule has 2 rings (SSSR count). The Morgan fingerprint density at radius 1 is 1.50 bits per heavy atom. The van der Waals surface area contributed by atoms with Crippen LogP contribution in [0.2, 0.25) is 5.02 Å². The van der Waals surface area contributed by atoms with Gasteiger partial charge in [-0.2, -0.15) is 0 Å². The molecule has 0 fully saturated rings. The number of alkyl halides is 1. The van der Waals surface area contributed by atoms with Crippen LogP contribution in [0.1, 0.15) is 25.0 Å². The molecule has 0 saturated carbocycles. The first-order valence-electron chi connectivity index (χ1n) is 5.87. The Hall–Kier alpha value is -0.840. The average Bonchev–Trinajstić information content (AvgIpc) is 2.68. The minimum atomic E-state index is -0.181. The van der Waals surface area contributed by atoms with Gasteiger partial charge >= 0.3 is 0 Å². The molecule has 18 heavy (non-hydrogen) atoms. The summed E-state index contributed by atoms with van der Waals surface area (Å²) in [5.41, 5.74) is 1.56. The molecule has 0 aliphatic heterocycles. The summed E-state index contributed by atoms with van der Waals surface area (Å²) in [4.78, 5) is 8.80. The summed E-state index contributed by atoms with van der Waals surface area (Å²) < 4.78 is 7.35. The van der Waals surface area contributed by atoms with Crippen molar-refractivity contribution in [3.8, 4) is 0 Å². The first kappa shape index (κ1) is 13.6. The summed E-state index contributed by atoms with van der Waals surface area (Å²) in [6.07, 6.45) is 1.62. The number of fused-ring (bicyclic) bond motifs is 1. The second-order valence-electron chi connectivity index (χ2n) is 3.93. The van der Waals surface area contributed by atoms with E-state index in [0.717, 1.165) is 17.0 Å². The Labute approximate surface area is 116 Å².